The average molecular weight is 393 g/mol. The molecule has 0 unspecified atom stereocenters. The number of hydrogen-bond acceptors (Lipinski definition) is 5. The lowest BCUT2D eigenvalue weighted by Crippen LogP contribution is -2.27. The molecule has 0 bridgehead atoms. The summed E-state index contributed by atoms with van der Waals surface area (Å²) in [5.41, 5.74) is 2.52. The van der Waals surface area contributed by atoms with E-state index in [9.17, 15) is 9.59 Å². The second-order valence-corrected chi connectivity index (χ2v) is 6.93. The van der Waals surface area contributed by atoms with Crippen molar-refractivity contribution in [1.82, 2.24) is 14.9 Å². The molecule has 2 aromatic carbocycles. The molecular weight excluding hydrogens is 370 g/mol. The second-order valence-electron chi connectivity index (χ2n) is 6.93. The number of rotatable bonds is 7. The minimum absolute atomic E-state index is 0.0893. The van der Waals surface area contributed by atoms with Crippen molar-refractivity contribution in [3.63, 3.8) is 0 Å². The first-order valence-corrected chi connectivity index (χ1v) is 9.73. The van der Waals surface area contributed by atoms with Crippen LogP contribution in [-0.4, -0.2) is 41.0 Å². The van der Waals surface area contributed by atoms with Gasteiger partial charge in [-0.1, -0.05) is 12.1 Å². The first-order chi connectivity index (χ1) is 14.1. The number of amides is 1. The Morgan fingerprint density at radius 1 is 1.07 bits per heavy atom. The molecule has 0 atom stereocenters. The third-order valence-corrected chi connectivity index (χ3v) is 4.95. The van der Waals surface area contributed by atoms with E-state index in [4.69, 9.17) is 9.47 Å². The third-order valence-electron chi connectivity index (χ3n) is 4.95. The molecule has 1 aliphatic heterocycles. The van der Waals surface area contributed by atoms with Crippen molar-refractivity contribution < 1.29 is 19.1 Å². The predicted octanol–water partition coefficient (Wildman–Crippen LogP) is 2.90. The molecule has 7 heteroatoms. The molecule has 0 saturated heterocycles. The standard InChI is InChI=1S/C22H23N3O4/c1-15-24-17-4-2-3-5-18(17)25(15)11-10-23-22(27)9-7-19(26)16-6-8-20-21(14-16)29-13-12-28-20/h2-6,8,14H,7,9-13H2,1H3,(H,23,27). The highest BCUT2D eigenvalue weighted by Crippen LogP contribution is 2.31. The number of nitrogens with one attached hydrogen (secondary N) is 1. The van der Waals surface area contributed by atoms with Crippen molar-refractivity contribution in [2.45, 2.75) is 26.3 Å². The molecule has 7 nitrogen and oxygen atoms in total. The van der Waals surface area contributed by atoms with Crippen molar-refractivity contribution in [3.8, 4) is 11.5 Å². The van der Waals surface area contributed by atoms with Crippen LogP contribution in [0.3, 0.4) is 0 Å². The van der Waals surface area contributed by atoms with E-state index in [0.717, 1.165) is 16.9 Å². The number of carbonyl (C=O) groups excluding carboxylic acids is 2. The van der Waals surface area contributed by atoms with Crippen LogP contribution in [0.15, 0.2) is 42.5 Å². The summed E-state index contributed by atoms with van der Waals surface area (Å²) in [4.78, 5) is 29.1. The van der Waals surface area contributed by atoms with Gasteiger partial charge in [0.05, 0.1) is 11.0 Å². The van der Waals surface area contributed by atoms with Crippen LogP contribution >= 0.6 is 0 Å². The summed E-state index contributed by atoms with van der Waals surface area (Å²) < 4.78 is 13.0. The van der Waals surface area contributed by atoms with Crippen molar-refractivity contribution in [2.75, 3.05) is 19.8 Å². The van der Waals surface area contributed by atoms with Gasteiger partial charge in [-0.25, -0.2) is 4.98 Å². The van der Waals surface area contributed by atoms with E-state index in [1.165, 1.54) is 0 Å². The number of ketones is 1. The van der Waals surface area contributed by atoms with E-state index >= 15 is 0 Å². The molecule has 29 heavy (non-hydrogen) atoms. The summed E-state index contributed by atoms with van der Waals surface area (Å²) in [6.45, 7) is 4.05. The largest absolute Gasteiger partial charge is 0.486 e. The molecule has 150 valence electrons. The zero-order valence-electron chi connectivity index (χ0n) is 16.3. The number of hydrogen-bond donors (Lipinski definition) is 1. The Hall–Kier alpha value is -3.35. The first-order valence-electron chi connectivity index (χ1n) is 9.73. The molecular formula is C22H23N3O4. The van der Waals surface area contributed by atoms with Crippen LogP contribution < -0.4 is 14.8 Å². The van der Waals surface area contributed by atoms with Crippen molar-refractivity contribution in [1.29, 1.82) is 0 Å². The number of carbonyl (C=O) groups is 2. The molecule has 0 saturated carbocycles. The van der Waals surface area contributed by atoms with Crippen LogP contribution in [0.4, 0.5) is 0 Å². The van der Waals surface area contributed by atoms with E-state index in [2.05, 4.69) is 14.9 Å². The molecule has 0 spiro atoms. The maximum atomic E-state index is 12.4. The van der Waals surface area contributed by atoms with Crippen LogP contribution in [0.2, 0.25) is 0 Å². The van der Waals surface area contributed by atoms with Gasteiger partial charge in [0.15, 0.2) is 17.3 Å². The Bertz CT molecular complexity index is 1060. The fraction of sp³-hybridized carbons (Fsp3) is 0.318. The van der Waals surface area contributed by atoms with Crippen LogP contribution in [-0.2, 0) is 11.3 Å². The molecule has 4 rings (SSSR count). The zero-order chi connectivity index (χ0) is 20.2. The molecule has 1 amide bonds. The Morgan fingerprint density at radius 2 is 1.86 bits per heavy atom. The van der Waals surface area contributed by atoms with Crippen molar-refractivity contribution in [3.05, 3.63) is 53.9 Å². The number of ether oxygens (including phenoxy) is 2. The lowest BCUT2D eigenvalue weighted by Gasteiger charge is -2.18. The van der Waals surface area contributed by atoms with E-state index in [0.29, 0.717) is 43.4 Å². The summed E-state index contributed by atoms with van der Waals surface area (Å²) in [6.07, 6.45) is 0.301. The van der Waals surface area contributed by atoms with E-state index in [1.807, 2.05) is 31.2 Å². The zero-order valence-corrected chi connectivity index (χ0v) is 16.3. The van der Waals surface area contributed by atoms with Crippen LogP contribution in [0.25, 0.3) is 11.0 Å². The van der Waals surface area contributed by atoms with Crippen molar-refractivity contribution >= 4 is 22.7 Å². The SMILES string of the molecule is Cc1nc2ccccc2n1CCNC(=O)CCC(=O)c1ccc2c(c1)OCCO2. The van der Waals surface area contributed by atoms with E-state index in [-0.39, 0.29) is 24.5 Å². The predicted molar refractivity (Wildman–Crippen MR) is 108 cm³/mol. The topological polar surface area (TPSA) is 82.5 Å². The number of nitrogens with zero attached hydrogens (tertiary/aromatic N) is 2. The molecule has 0 radical (unpaired) electrons. The lowest BCUT2D eigenvalue weighted by molar-refractivity contribution is -0.121. The highest BCUT2D eigenvalue weighted by molar-refractivity contribution is 5.98. The van der Waals surface area contributed by atoms with Gasteiger partial charge in [0, 0.05) is 31.5 Å². The van der Waals surface area contributed by atoms with Gasteiger partial charge in [0.2, 0.25) is 5.91 Å². The van der Waals surface area contributed by atoms with Crippen LogP contribution in [0, 0.1) is 6.92 Å². The van der Waals surface area contributed by atoms with Gasteiger partial charge in [-0.05, 0) is 37.3 Å². The first kappa shape index (κ1) is 19.0. The Kier molecular flexibility index (Phi) is 5.46. The fourth-order valence-electron chi connectivity index (χ4n) is 3.46. The highest BCUT2D eigenvalue weighted by atomic mass is 16.6. The fourth-order valence-corrected chi connectivity index (χ4v) is 3.46. The quantitative estimate of drug-likeness (QED) is 0.624. The van der Waals surface area contributed by atoms with E-state index in [1.54, 1.807) is 18.2 Å². The molecule has 1 aromatic heterocycles. The number of aryl methyl sites for hydroxylation is 1. The lowest BCUT2D eigenvalue weighted by atomic mass is 10.1. The second kappa shape index (κ2) is 8.34. The minimum Gasteiger partial charge on any atom is -0.486 e. The van der Waals surface area contributed by atoms with E-state index < -0.39 is 0 Å². The average Bonchev–Trinajstić information content (AvgIpc) is 3.07. The van der Waals surface area contributed by atoms with Crippen LogP contribution in [0.5, 0.6) is 11.5 Å². The maximum Gasteiger partial charge on any atom is 0.220 e. The Balaban J connectivity index is 1.27. The molecule has 2 heterocycles. The van der Waals surface area contributed by atoms with Gasteiger partial charge in [-0.15, -0.1) is 0 Å². The monoisotopic (exact) mass is 393 g/mol. The summed E-state index contributed by atoms with van der Waals surface area (Å²) in [5.74, 6) is 1.91. The summed E-state index contributed by atoms with van der Waals surface area (Å²) in [6, 6.07) is 13.0. The highest BCUT2D eigenvalue weighted by Gasteiger charge is 2.16. The number of imidazole rings is 1. The summed E-state index contributed by atoms with van der Waals surface area (Å²) >= 11 is 0. The molecule has 1 N–H and O–H groups in total. The maximum absolute atomic E-state index is 12.4. The van der Waals surface area contributed by atoms with Gasteiger partial charge < -0.3 is 19.4 Å². The van der Waals surface area contributed by atoms with Gasteiger partial charge >= 0.3 is 0 Å². The van der Waals surface area contributed by atoms with Crippen LogP contribution in [0.1, 0.15) is 29.0 Å². The summed E-state index contributed by atoms with van der Waals surface area (Å²) in [7, 11) is 0. The third kappa shape index (κ3) is 4.23. The Labute approximate surface area is 168 Å². The molecule has 0 fully saturated rings. The molecule has 1 aliphatic rings. The minimum atomic E-state index is -0.141. The number of para-hydroxylation sites is 2. The number of benzene rings is 2. The van der Waals surface area contributed by atoms with Gasteiger partial charge in [-0.2, -0.15) is 0 Å². The molecule has 3 aromatic rings. The Morgan fingerprint density at radius 3 is 2.72 bits per heavy atom. The normalized spacial score (nSPS) is 12.7. The number of aromatic nitrogens is 2. The van der Waals surface area contributed by atoms with Gasteiger partial charge in [0.1, 0.15) is 19.0 Å². The number of fused-ring (bicyclic) bond motifs is 2. The smallest absolute Gasteiger partial charge is 0.220 e. The summed E-state index contributed by atoms with van der Waals surface area (Å²) in [5, 5.41) is 2.89. The molecule has 0 aliphatic carbocycles. The number of Topliss-reactive ketones (excluding diaryl/α,β-unsaturated/α-hetero) is 1. The van der Waals surface area contributed by atoms with Crippen molar-refractivity contribution in [2.24, 2.45) is 0 Å². The van der Waals surface area contributed by atoms with Gasteiger partial charge in [0.25, 0.3) is 0 Å². The van der Waals surface area contributed by atoms with Gasteiger partial charge in [-0.3, -0.25) is 9.59 Å².